The second-order valence-electron chi connectivity index (χ2n) is 7.70. The Morgan fingerprint density at radius 2 is 2.18 bits per heavy atom. The molecular formula is C17H22. The molecule has 0 heterocycles. The van der Waals surface area contributed by atoms with E-state index < -0.39 is 0 Å². The first kappa shape index (κ1) is 9.48. The van der Waals surface area contributed by atoms with E-state index >= 15 is 0 Å². The molecule has 0 radical (unpaired) electrons. The summed E-state index contributed by atoms with van der Waals surface area (Å²) in [5.41, 5.74) is 0.717. The molecule has 0 aromatic heterocycles. The van der Waals surface area contributed by atoms with Gasteiger partial charge in [0.25, 0.3) is 0 Å². The molecule has 9 unspecified atom stereocenters. The molecule has 9 atom stereocenters. The molecule has 0 bridgehead atoms. The van der Waals surface area contributed by atoms with E-state index in [1.165, 1.54) is 19.3 Å². The van der Waals surface area contributed by atoms with E-state index in [1.54, 1.807) is 6.42 Å². The van der Waals surface area contributed by atoms with Crippen molar-refractivity contribution in [3.05, 3.63) is 0 Å². The SMILES string of the molecule is CCC(C)C1C2CC2C2C1C1C#CCC13CC23. The van der Waals surface area contributed by atoms with Crippen molar-refractivity contribution in [3.63, 3.8) is 0 Å². The van der Waals surface area contributed by atoms with Gasteiger partial charge < -0.3 is 0 Å². The summed E-state index contributed by atoms with van der Waals surface area (Å²) in [5.74, 6) is 15.5. The van der Waals surface area contributed by atoms with Crippen LogP contribution in [0.4, 0.5) is 0 Å². The van der Waals surface area contributed by atoms with Gasteiger partial charge in [-0.25, -0.2) is 0 Å². The third-order valence-electron chi connectivity index (χ3n) is 7.39. The minimum Gasteiger partial charge on any atom is -0.102 e. The molecule has 0 heteroatoms. The van der Waals surface area contributed by atoms with Gasteiger partial charge in [0.15, 0.2) is 0 Å². The van der Waals surface area contributed by atoms with Crippen LogP contribution in [0.2, 0.25) is 0 Å². The van der Waals surface area contributed by atoms with Crippen LogP contribution in [0.25, 0.3) is 0 Å². The predicted molar refractivity (Wildman–Crippen MR) is 67.9 cm³/mol. The van der Waals surface area contributed by atoms with Gasteiger partial charge in [0.1, 0.15) is 0 Å². The highest BCUT2D eigenvalue weighted by Crippen LogP contribution is 2.83. The fourth-order valence-corrected chi connectivity index (χ4v) is 6.52. The molecule has 1 spiro atoms. The molecule has 0 aliphatic heterocycles. The minimum absolute atomic E-state index is 0.717. The standard InChI is InChI=1S/C17H22/c1-3-9(2)14-10-7-11(10)15-13-8-17(13)6-4-5-12(17)16(14)15/h9-16H,3,6-8H2,1-2H3. The summed E-state index contributed by atoms with van der Waals surface area (Å²) >= 11 is 0. The molecule has 4 fully saturated rings. The van der Waals surface area contributed by atoms with E-state index in [4.69, 9.17) is 0 Å². The number of hydrogen-bond donors (Lipinski definition) is 0. The molecule has 5 aliphatic rings. The second kappa shape index (κ2) is 2.61. The highest BCUT2D eigenvalue weighted by Gasteiger charge is 2.79. The van der Waals surface area contributed by atoms with Gasteiger partial charge in [-0.1, -0.05) is 26.2 Å². The summed E-state index contributed by atoms with van der Waals surface area (Å²) in [6.45, 7) is 4.91. The monoisotopic (exact) mass is 226 g/mol. The Bertz CT molecular complexity index is 450. The summed E-state index contributed by atoms with van der Waals surface area (Å²) in [7, 11) is 0. The lowest BCUT2D eigenvalue weighted by Crippen LogP contribution is -2.29. The summed E-state index contributed by atoms with van der Waals surface area (Å²) in [6.07, 6.45) is 5.77. The third-order valence-corrected chi connectivity index (χ3v) is 7.39. The molecule has 0 aromatic rings. The highest BCUT2D eigenvalue weighted by molar-refractivity contribution is 5.37. The van der Waals surface area contributed by atoms with Crippen LogP contribution in [0.5, 0.6) is 0 Å². The average Bonchev–Trinajstić information content (AvgIpc) is 3.13. The fraction of sp³-hybridized carbons (Fsp3) is 0.882. The van der Waals surface area contributed by atoms with Crippen LogP contribution < -0.4 is 0 Å². The lowest BCUT2D eigenvalue weighted by molar-refractivity contribution is 0.159. The molecule has 0 N–H and O–H groups in total. The predicted octanol–water partition coefficient (Wildman–Crippen LogP) is 3.57. The van der Waals surface area contributed by atoms with Crippen LogP contribution in [0, 0.1) is 64.6 Å². The van der Waals surface area contributed by atoms with Crippen molar-refractivity contribution in [2.45, 2.75) is 39.5 Å². The van der Waals surface area contributed by atoms with Crippen molar-refractivity contribution in [2.24, 2.45) is 52.8 Å². The van der Waals surface area contributed by atoms with Crippen LogP contribution in [0.1, 0.15) is 39.5 Å². The van der Waals surface area contributed by atoms with Gasteiger partial charge in [-0.3, -0.25) is 0 Å². The molecule has 4 saturated carbocycles. The Balaban J connectivity index is 1.57. The second-order valence-corrected chi connectivity index (χ2v) is 7.70. The van der Waals surface area contributed by atoms with E-state index in [-0.39, 0.29) is 0 Å². The molecular weight excluding hydrogens is 204 g/mol. The first-order chi connectivity index (χ1) is 8.28. The van der Waals surface area contributed by atoms with E-state index in [9.17, 15) is 0 Å². The van der Waals surface area contributed by atoms with Gasteiger partial charge >= 0.3 is 0 Å². The zero-order chi connectivity index (χ0) is 11.4. The maximum absolute atomic E-state index is 3.67. The first-order valence-electron chi connectivity index (χ1n) is 7.76. The summed E-state index contributed by atoms with van der Waals surface area (Å²) in [5, 5.41) is 0. The van der Waals surface area contributed by atoms with Crippen molar-refractivity contribution >= 4 is 0 Å². The number of hydrogen-bond acceptors (Lipinski definition) is 0. The van der Waals surface area contributed by atoms with Crippen LogP contribution in [-0.4, -0.2) is 0 Å². The number of rotatable bonds is 2. The Kier molecular flexibility index (Phi) is 1.46. The van der Waals surface area contributed by atoms with Gasteiger partial charge in [0.05, 0.1) is 0 Å². The highest BCUT2D eigenvalue weighted by atomic mass is 14.8. The van der Waals surface area contributed by atoms with Gasteiger partial charge in [-0.15, -0.1) is 5.92 Å². The van der Waals surface area contributed by atoms with Crippen molar-refractivity contribution in [2.75, 3.05) is 0 Å². The van der Waals surface area contributed by atoms with E-state index in [2.05, 4.69) is 25.7 Å². The van der Waals surface area contributed by atoms with Crippen LogP contribution in [0.3, 0.4) is 0 Å². The van der Waals surface area contributed by atoms with Crippen molar-refractivity contribution in [3.8, 4) is 11.8 Å². The van der Waals surface area contributed by atoms with E-state index in [0.717, 1.165) is 47.3 Å². The van der Waals surface area contributed by atoms with Crippen LogP contribution in [0.15, 0.2) is 0 Å². The zero-order valence-corrected chi connectivity index (χ0v) is 10.9. The summed E-state index contributed by atoms with van der Waals surface area (Å²) < 4.78 is 0. The van der Waals surface area contributed by atoms with E-state index in [0.29, 0.717) is 5.41 Å². The maximum Gasteiger partial charge on any atom is 0.0305 e. The molecule has 5 rings (SSSR count). The summed E-state index contributed by atoms with van der Waals surface area (Å²) in [4.78, 5) is 0. The zero-order valence-electron chi connectivity index (χ0n) is 10.9. The fourth-order valence-electron chi connectivity index (χ4n) is 6.52. The lowest BCUT2D eigenvalue weighted by atomic mass is 9.71. The number of fused-ring (bicyclic) bond motifs is 5. The largest absolute Gasteiger partial charge is 0.102 e. The quantitative estimate of drug-likeness (QED) is 0.631. The van der Waals surface area contributed by atoms with E-state index in [1.807, 2.05) is 0 Å². The normalized spacial score (nSPS) is 65.2. The molecule has 17 heavy (non-hydrogen) atoms. The average molecular weight is 226 g/mol. The molecule has 0 nitrogen and oxygen atoms in total. The maximum atomic E-state index is 3.67. The molecule has 90 valence electrons. The van der Waals surface area contributed by atoms with Gasteiger partial charge in [0.2, 0.25) is 0 Å². The topological polar surface area (TPSA) is 0 Å². The molecule has 0 saturated heterocycles. The summed E-state index contributed by atoms with van der Waals surface area (Å²) in [6, 6.07) is 0. The Morgan fingerprint density at radius 3 is 3.00 bits per heavy atom. The van der Waals surface area contributed by atoms with Crippen LogP contribution >= 0.6 is 0 Å². The lowest BCUT2D eigenvalue weighted by Gasteiger charge is -2.33. The van der Waals surface area contributed by atoms with Gasteiger partial charge in [-0.05, 0) is 59.7 Å². The smallest absolute Gasteiger partial charge is 0.0305 e. The van der Waals surface area contributed by atoms with Crippen molar-refractivity contribution < 1.29 is 0 Å². The molecule has 5 aliphatic carbocycles. The van der Waals surface area contributed by atoms with Gasteiger partial charge in [0, 0.05) is 12.3 Å². The first-order valence-corrected chi connectivity index (χ1v) is 7.76. The minimum atomic E-state index is 0.717. The van der Waals surface area contributed by atoms with Crippen molar-refractivity contribution in [1.29, 1.82) is 0 Å². The third kappa shape index (κ3) is 0.864. The van der Waals surface area contributed by atoms with Crippen LogP contribution in [-0.2, 0) is 0 Å². The Labute approximate surface area is 105 Å². The Morgan fingerprint density at radius 1 is 1.29 bits per heavy atom. The Hall–Kier alpha value is -0.440. The molecule has 0 amide bonds. The molecule has 0 aromatic carbocycles. The van der Waals surface area contributed by atoms with Crippen molar-refractivity contribution in [1.82, 2.24) is 0 Å². The van der Waals surface area contributed by atoms with Gasteiger partial charge in [-0.2, -0.15) is 0 Å².